The lowest BCUT2D eigenvalue weighted by atomic mass is 10.2. The third kappa shape index (κ3) is 3.06. The Hall–Kier alpha value is -2.09. The van der Waals surface area contributed by atoms with Gasteiger partial charge in [0.25, 0.3) is 5.91 Å². The fourth-order valence-corrected chi connectivity index (χ4v) is 3.35. The van der Waals surface area contributed by atoms with E-state index in [4.69, 9.17) is 4.74 Å². The highest BCUT2D eigenvalue weighted by atomic mass is 32.2. The van der Waals surface area contributed by atoms with Gasteiger partial charge < -0.3 is 9.64 Å². The van der Waals surface area contributed by atoms with Crippen LogP contribution in [0.15, 0.2) is 29.4 Å². The predicted molar refractivity (Wildman–Crippen MR) is 78.1 cm³/mol. The third-order valence-electron chi connectivity index (χ3n) is 3.68. The minimum absolute atomic E-state index is 0.00401. The van der Waals surface area contributed by atoms with E-state index in [2.05, 4.69) is 4.98 Å². The molecule has 0 saturated carbocycles. The molecule has 0 aromatic carbocycles. The molecule has 2 saturated heterocycles. The summed E-state index contributed by atoms with van der Waals surface area (Å²) >= 11 is 1.45. The van der Waals surface area contributed by atoms with Crippen molar-refractivity contribution in [3.05, 3.63) is 24.5 Å². The van der Waals surface area contributed by atoms with Gasteiger partial charge in [-0.25, -0.2) is 9.69 Å². The Morgan fingerprint density at radius 3 is 2.82 bits per heavy atom. The molecule has 0 spiro atoms. The number of carbonyl (C=O) groups is 3. The summed E-state index contributed by atoms with van der Waals surface area (Å²) in [5.74, 6) is 0.00885. The molecule has 116 valence electrons. The Morgan fingerprint density at radius 1 is 1.36 bits per heavy atom. The van der Waals surface area contributed by atoms with Gasteiger partial charge in [-0.3, -0.25) is 14.6 Å². The molecule has 2 aliphatic heterocycles. The highest BCUT2D eigenvalue weighted by molar-refractivity contribution is 8.00. The van der Waals surface area contributed by atoms with E-state index in [1.807, 2.05) is 12.1 Å². The quantitative estimate of drug-likeness (QED) is 0.762. The number of imide groups is 1. The number of thioether (sulfide) groups is 1. The standard InChI is InChI=1S/C14H15N3O4S/c18-12-8-21-14(20)17(12)10-3-6-16(7-10)13(19)9-22-11-1-4-15-5-2-11/h1-2,4-5,10H,3,6-9H2. The van der Waals surface area contributed by atoms with Gasteiger partial charge in [0.1, 0.15) is 0 Å². The zero-order chi connectivity index (χ0) is 15.5. The summed E-state index contributed by atoms with van der Waals surface area (Å²) in [5.41, 5.74) is 0. The summed E-state index contributed by atoms with van der Waals surface area (Å²) in [6.45, 7) is 0.745. The summed E-state index contributed by atoms with van der Waals surface area (Å²) in [4.78, 5) is 43.1. The van der Waals surface area contributed by atoms with E-state index >= 15 is 0 Å². The van der Waals surface area contributed by atoms with Gasteiger partial charge in [0.2, 0.25) is 5.91 Å². The SMILES string of the molecule is O=C(CSc1ccncc1)N1CCC(N2C(=O)COC2=O)C1. The van der Waals surface area contributed by atoms with Crippen molar-refractivity contribution in [3.8, 4) is 0 Å². The molecule has 3 rings (SSSR count). The molecule has 8 heteroatoms. The van der Waals surface area contributed by atoms with Crippen molar-refractivity contribution >= 4 is 29.7 Å². The number of nitrogens with zero attached hydrogens (tertiary/aromatic N) is 3. The van der Waals surface area contributed by atoms with E-state index in [-0.39, 0.29) is 24.5 Å². The molecule has 7 nitrogen and oxygen atoms in total. The monoisotopic (exact) mass is 321 g/mol. The molecule has 1 aromatic heterocycles. The number of pyridine rings is 1. The second-order valence-corrected chi connectivity index (χ2v) is 6.12. The summed E-state index contributed by atoms with van der Waals surface area (Å²) in [6.07, 6.45) is 3.37. The molecule has 0 bridgehead atoms. The molecule has 1 unspecified atom stereocenters. The van der Waals surface area contributed by atoms with Crippen molar-refractivity contribution < 1.29 is 19.1 Å². The van der Waals surface area contributed by atoms with Crippen LogP contribution in [0.5, 0.6) is 0 Å². The van der Waals surface area contributed by atoms with E-state index in [1.54, 1.807) is 17.3 Å². The summed E-state index contributed by atoms with van der Waals surface area (Å²) in [7, 11) is 0. The fourth-order valence-electron chi connectivity index (χ4n) is 2.57. The van der Waals surface area contributed by atoms with Crippen molar-refractivity contribution in [1.82, 2.24) is 14.8 Å². The van der Waals surface area contributed by atoms with E-state index in [0.717, 1.165) is 9.80 Å². The van der Waals surface area contributed by atoms with E-state index in [9.17, 15) is 14.4 Å². The molecule has 2 fully saturated rings. The van der Waals surface area contributed by atoms with E-state index in [0.29, 0.717) is 25.3 Å². The lowest BCUT2D eigenvalue weighted by Gasteiger charge is -2.20. The molecule has 0 radical (unpaired) electrons. The first kappa shape index (κ1) is 14.8. The number of carbonyl (C=O) groups excluding carboxylic acids is 3. The van der Waals surface area contributed by atoms with E-state index < -0.39 is 6.09 Å². The predicted octanol–water partition coefficient (Wildman–Crippen LogP) is 0.753. The van der Waals surface area contributed by atoms with Crippen LogP contribution in [0.2, 0.25) is 0 Å². The van der Waals surface area contributed by atoms with Gasteiger partial charge in [0.05, 0.1) is 11.8 Å². The minimum atomic E-state index is -0.601. The van der Waals surface area contributed by atoms with Crippen molar-refractivity contribution in [2.24, 2.45) is 0 Å². The second kappa shape index (κ2) is 6.35. The highest BCUT2D eigenvalue weighted by Crippen LogP contribution is 2.22. The van der Waals surface area contributed by atoms with Crippen LogP contribution in [0.4, 0.5) is 4.79 Å². The molecule has 0 N–H and O–H groups in total. The number of rotatable bonds is 4. The smallest absolute Gasteiger partial charge is 0.417 e. The number of likely N-dealkylation sites (tertiary alicyclic amines) is 1. The number of aromatic nitrogens is 1. The van der Waals surface area contributed by atoms with Crippen molar-refractivity contribution in [1.29, 1.82) is 0 Å². The maximum absolute atomic E-state index is 12.2. The normalized spacial score (nSPS) is 21.4. The average Bonchev–Trinajstić information content (AvgIpc) is 3.13. The first-order valence-electron chi connectivity index (χ1n) is 6.94. The minimum Gasteiger partial charge on any atom is -0.439 e. The first-order valence-corrected chi connectivity index (χ1v) is 7.93. The Kier molecular flexibility index (Phi) is 4.28. The summed E-state index contributed by atoms with van der Waals surface area (Å²) in [6, 6.07) is 3.44. The lowest BCUT2D eigenvalue weighted by molar-refractivity contribution is -0.129. The van der Waals surface area contributed by atoms with Crippen molar-refractivity contribution in [3.63, 3.8) is 0 Å². The van der Waals surface area contributed by atoms with Gasteiger partial charge in [-0.15, -0.1) is 11.8 Å². The molecule has 3 amide bonds. The zero-order valence-corrected chi connectivity index (χ0v) is 12.6. The molecular weight excluding hydrogens is 306 g/mol. The van der Waals surface area contributed by atoms with Crippen LogP contribution in [0.25, 0.3) is 0 Å². The number of hydrogen-bond acceptors (Lipinski definition) is 6. The topological polar surface area (TPSA) is 79.8 Å². The molecule has 2 aliphatic rings. The molecule has 3 heterocycles. The van der Waals surface area contributed by atoms with Crippen LogP contribution in [0, 0.1) is 0 Å². The maximum Gasteiger partial charge on any atom is 0.417 e. The van der Waals surface area contributed by atoms with E-state index in [1.165, 1.54) is 11.8 Å². The molecular formula is C14H15N3O4S. The highest BCUT2D eigenvalue weighted by Gasteiger charge is 2.41. The Balaban J connectivity index is 1.53. The third-order valence-corrected chi connectivity index (χ3v) is 4.67. The largest absolute Gasteiger partial charge is 0.439 e. The molecule has 0 aliphatic carbocycles. The number of amides is 3. The molecule has 1 atom stereocenters. The van der Waals surface area contributed by atoms with Crippen LogP contribution in [0.3, 0.4) is 0 Å². The molecule has 1 aromatic rings. The van der Waals surface area contributed by atoms with Gasteiger partial charge in [-0.05, 0) is 18.6 Å². The summed E-state index contributed by atoms with van der Waals surface area (Å²) < 4.78 is 4.72. The second-order valence-electron chi connectivity index (χ2n) is 5.07. The van der Waals surface area contributed by atoms with Crippen LogP contribution in [0.1, 0.15) is 6.42 Å². The van der Waals surface area contributed by atoms with Crippen molar-refractivity contribution in [2.75, 3.05) is 25.4 Å². The van der Waals surface area contributed by atoms with Crippen LogP contribution in [-0.2, 0) is 14.3 Å². The number of hydrogen-bond donors (Lipinski definition) is 0. The zero-order valence-electron chi connectivity index (χ0n) is 11.8. The van der Waals surface area contributed by atoms with Gasteiger partial charge >= 0.3 is 6.09 Å². The molecule has 22 heavy (non-hydrogen) atoms. The van der Waals surface area contributed by atoms with Crippen LogP contribution < -0.4 is 0 Å². The number of ether oxygens (including phenoxy) is 1. The summed E-state index contributed by atoms with van der Waals surface area (Å²) in [5, 5.41) is 0. The Labute approximate surface area is 131 Å². The fraction of sp³-hybridized carbons (Fsp3) is 0.429. The van der Waals surface area contributed by atoms with Gasteiger partial charge in [-0.1, -0.05) is 0 Å². The van der Waals surface area contributed by atoms with Gasteiger partial charge in [0.15, 0.2) is 6.61 Å². The lowest BCUT2D eigenvalue weighted by Crippen LogP contribution is -2.42. The first-order chi connectivity index (χ1) is 10.6. The van der Waals surface area contributed by atoms with Gasteiger partial charge in [-0.2, -0.15) is 0 Å². The number of cyclic esters (lactones) is 1. The Bertz CT molecular complexity index is 579. The Morgan fingerprint density at radius 2 is 2.14 bits per heavy atom. The van der Waals surface area contributed by atoms with Crippen LogP contribution in [-0.4, -0.2) is 64.2 Å². The maximum atomic E-state index is 12.2. The van der Waals surface area contributed by atoms with Gasteiger partial charge in [0, 0.05) is 30.4 Å². The van der Waals surface area contributed by atoms with Crippen LogP contribution >= 0.6 is 11.8 Å². The van der Waals surface area contributed by atoms with Crippen molar-refractivity contribution in [2.45, 2.75) is 17.4 Å². The average molecular weight is 321 g/mol.